The summed E-state index contributed by atoms with van der Waals surface area (Å²) in [5, 5.41) is 7.08. The van der Waals surface area contributed by atoms with Gasteiger partial charge in [-0.3, -0.25) is 5.01 Å². The number of halogens is 2. The van der Waals surface area contributed by atoms with Crippen LogP contribution in [0.25, 0.3) is 0 Å². The molecule has 0 aliphatic heterocycles. The Bertz CT molecular complexity index is 446. The Morgan fingerprint density at radius 1 is 1.47 bits per heavy atom. The van der Waals surface area contributed by atoms with Gasteiger partial charge in [-0.2, -0.15) is 5.10 Å². The number of hydrogen-bond donors (Lipinski definition) is 1. The van der Waals surface area contributed by atoms with E-state index in [4.69, 9.17) is 28.9 Å². The first-order valence-corrected chi connectivity index (χ1v) is 6.96. The molecule has 19 heavy (non-hydrogen) atoms. The largest absolute Gasteiger partial charge is 0.388 e. The number of benzene rings is 1. The van der Waals surface area contributed by atoms with E-state index in [0.717, 1.165) is 18.4 Å². The number of nitrogens with zero attached hydrogens (tertiary/aromatic N) is 2. The fourth-order valence-corrected chi connectivity index (χ4v) is 2.57. The highest BCUT2D eigenvalue weighted by molar-refractivity contribution is 6.35. The maximum absolute atomic E-state index is 6.27. The second-order valence-corrected chi connectivity index (χ2v) is 5.06. The van der Waals surface area contributed by atoms with Gasteiger partial charge in [0.05, 0.1) is 0 Å². The fourth-order valence-electron chi connectivity index (χ4n) is 2.01. The van der Waals surface area contributed by atoms with Crippen LogP contribution in [0.5, 0.6) is 0 Å². The summed E-state index contributed by atoms with van der Waals surface area (Å²) in [5.41, 5.74) is 6.39. The topological polar surface area (TPSA) is 41.6 Å². The van der Waals surface area contributed by atoms with Crippen molar-refractivity contribution < 1.29 is 0 Å². The molecule has 2 N–H and O–H groups in total. The summed E-state index contributed by atoms with van der Waals surface area (Å²) in [7, 11) is 0. The third-order valence-corrected chi connectivity index (χ3v) is 3.44. The lowest BCUT2D eigenvalue weighted by Crippen LogP contribution is -2.20. The van der Waals surface area contributed by atoms with E-state index in [0.29, 0.717) is 16.6 Å². The second-order valence-electron chi connectivity index (χ2n) is 4.22. The average molecular weight is 300 g/mol. The molecule has 1 aromatic rings. The van der Waals surface area contributed by atoms with Crippen LogP contribution in [0.2, 0.25) is 10.0 Å². The van der Waals surface area contributed by atoms with Crippen LogP contribution in [0, 0.1) is 0 Å². The molecule has 0 amide bonds. The molecule has 0 aliphatic carbocycles. The Morgan fingerprint density at radius 3 is 2.74 bits per heavy atom. The molecule has 0 aromatic heterocycles. The molecule has 0 bridgehead atoms. The molecule has 1 unspecified atom stereocenters. The highest BCUT2D eigenvalue weighted by Crippen LogP contribution is 2.31. The van der Waals surface area contributed by atoms with Crippen molar-refractivity contribution in [1.29, 1.82) is 0 Å². The molecule has 1 atom stereocenters. The van der Waals surface area contributed by atoms with Crippen LogP contribution in [0.15, 0.2) is 36.1 Å². The Labute approximate surface area is 124 Å². The zero-order chi connectivity index (χ0) is 14.3. The van der Waals surface area contributed by atoms with E-state index in [1.165, 1.54) is 6.34 Å². The third kappa shape index (κ3) is 4.77. The molecule has 3 nitrogen and oxygen atoms in total. The first-order chi connectivity index (χ1) is 9.12. The maximum Gasteiger partial charge on any atom is 0.106 e. The monoisotopic (exact) mass is 299 g/mol. The van der Waals surface area contributed by atoms with Gasteiger partial charge in [0.15, 0.2) is 0 Å². The van der Waals surface area contributed by atoms with Crippen molar-refractivity contribution >= 4 is 29.5 Å². The van der Waals surface area contributed by atoms with Gasteiger partial charge in [-0.25, -0.2) is 0 Å². The summed E-state index contributed by atoms with van der Waals surface area (Å²) >= 11 is 12.2. The summed E-state index contributed by atoms with van der Waals surface area (Å²) in [6.45, 7) is 6.55. The Hall–Kier alpha value is -1.19. The highest BCUT2D eigenvalue weighted by atomic mass is 35.5. The van der Waals surface area contributed by atoms with Crippen LogP contribution >= 0.6 is 23.2 Å². The van der Waals surface area contributed by atoms with E-state index in [1.807, 2.05) is 12.1 Å². The van der Waals surface area contributed by atoms with Crippen LogP contribution in [-0.2, 0) is 0 Å². The predicted octanol–water partition coefficient (Wildman–Crippen LogP) is 4.22. The zero-order valence-corrected chi connectivity index (χ0v) is 12.5. The second kappa shape index (κ2) is 8.08. The lowest BCUT2D eigenvalue weighted by Gasteiger charge is -2.23. The van der Waals surface area contributed by atoms with Gasteiger partial charge in [0.1, 0.15) is 6.34 Å². The number of hydrogen-bond acceptors (Lipinski definition) is 2. The molecule has 0 saturated heterocycles. The molecule has 0 spiro atoms. The molecule has 0 heterocycles. The lowest BCUT2D eigenvalue weighted by atomic mass is 9.94. The first kappa shape index (κ1) is 15.9. The zero-order valence-electron chi connectivity index (χ0n) is 11.0. The van der Waals surface area contributed by atoms with Gasteiger partial charge >= 0.3 is 0 Å². The van der Waals surface area contributed by atoms with Crippen molar-refractivity contribution in [2.45, 2.75) is 25.7 Å². The van der Waals surface area contributed by atoms with Crippen LogP contribution < -0.4 is 5.73 Å². The fraction of sp³-hybridized carbons (Fsp3) is 0.357. The lowest BCUT2D eigenvalue weighted by molar-refractivity contribution is 0.357. The molecule has 5 heteroatoms. The van der Waals surface area contributed by atoms with Crippen molar-refractivity contribution in [2.24, 2.45) is 10.8 Å². The van der Waals surface area contributed by atoms with Gasteiger partial charge in [-0.1, -0.05) is 49.2 Å². The van der Waals surface area contributed by atoms with E-state index in [9.17, 15) is 0 Å². The average Bonchev–Trinajstić information content (AvgIpc) is 2.37. The summed E-state index contributed by atoms with van der Waals surface area (Å²) < 4.78 is 0. The third-order valence-electron chi connectivity index (χ3n) is 2.87. The maximum atomic E-state index is 6.27. The molecular weight excluding hydrogens is 281 g/mol. The molecule has 0 aliphatic rings. The van der Waals surface area contributed by atoms with E-state index in [1.54, 1.807) is 17.3 Å². The normalized spacial score (nSPS) is 12.6. The summed E-state index contributed by atoms with van der Waals surface area (Å²) in [5.74, 6) is 0.261. The van der Waals surface area contributed by atoms with Crippen molar-refractivity contribution in [3.8, 4) is 0 Å². The Kier molecular flexibility index (Phi) is 6.74. The summed E-state index contributed by atoms with van der Waals surface area (Å²) in [6.07, 6.45) is 4.97. The number of nitrogens with two attached hydrogens (primary N) is 1. The molecular formula is C14H19Cl2N3. The van der Waals surface area contributed by atoms with Crippen LogP contribution in [-0.4, -0.2) is 17.9 Å². The molecule has 1 aromatic carbocycles. The van der Waals surface area contributed by atoms with Gasteiger partial charge < -0.3 is 5.73 Å². The minimum atomic E-state index is 0.261. The van der Waals surface area contributed by atoms with E-state index < -0.39 is 0 Å². The molecule has 0 saturated carbocycles. The van der Waals surface area contributed by atoms with Gasteiger partial charge in [0, 0.05) is 28.7 Å². The van der Waals surface area contributed by atoms with E-state index >= 15 is 0 Å². The van der Waals surface area contributed by atoms with E-state index in [-0.39, 0.29) is 5.92 Å². The smallest absolute Gasteiger partial charge is 0.106 e. The van der Waals surface area contributed by atoms with Crippen LogP contribution in [0.4, 0.5) is 0 Å². The van der Waals surface area contributed by atoms with E-state index in [2.05, 4.69) is 18.6 Å². The number of hydrazone groups is 1. The van der Waals surface area contributed by atoms with Crippen LogP contribution in [0.3, 0.4) is 0 Å². The Balaban J connectivity index is 2.95. The van der Waals surface area contributed by atoms with Gasteiger partial charge in [-0.05, 0) is 24.1 Å². The number of rotatable bonds is 7. The van der Waals surface area contributed by atoms with Gasteiger partial charge in [0.2, 0.25) is 0 Å². The predicted molar refractivity (Wildman–Crippen MR) is 83.7 cm³/mol. The van der Waals surface area contributed by atoms with Crippen molar-refractivity contribution in [1.82, 2.24) is 5.01 Å². The van der Waals surface area contributed by atoms with Crippen molar-refractivity contribution in [3.63, 3.8) is 0 Å². The quantitative estimate of drug-likeness (QED) is 0.465. The highest BCUT2D eigenvalue weighted by Gasteiger charge is 2.16. The van der Waals surface area contributed by atoms with Crippen molar-refractivity contribution in [2.75, 3.05) is 6.54 Å². The van der Waals surface area contributed by atoms with Gasteiger partial charge in [-0.15, -0.1) is 0 Å². The summed E-state index contributed by atoms with van der Waals surface area (Å²) in [4.78, 5) is 0. The SMILES string of the molecule is C=CN(CC(CCC)c1ccc(Cl)cc1Cl)/N=C\N. The first-order valence-electron chi connectivity index (χ1n) is 6.20. The molecule has 0 radical (unpaired) electrons. The molecule has 104 valence electrons. The molecule has 0 fully saturated rings. The standard InChI is InChI=1S/C14H19Cl2N3/c1-3-5-11(9-19(4-2)18-10-17)13-7-6-12(15)8-14(13)16/h4,6-8,10-11H,2-3,5,9H2,1H3,(H2,17,18). The van der Waals surface area contributed by atoms with Crippen molar-refractivity contribution in [3.05, 3.63) is 46.6 Å². The Morgan fingerprint density at radius 2 is 2.21 bits per heavy atom. The molecule has 1 rings (SSSR count). The minimum Gasteiger partial charge on any atom is -0.388 e. The van der Waals surface area contributed by atoms with Gasteiger partial charge in [0.25, 0.3) is 0 Å². The van der Waals surface area contributed by atoms with Crippen LogP contribution in [0.1, 0.15) is 31.2 Å². The summed E-state index contributed by atoms with van der Waals surface area (Å²) in [6, 6.07) is 5.60. The minimum absolute atomic E-state index is 0.261.